The molecule has 1 fully saturated rings. The van der Waals surface area contributed by atoms with Crippen molar-refractivity contribution in [2.75, 3.05) is 11.5 Å². The molecule has 0 aromatic rings. The summed E-state index contributed by atoms with van der Waals surface area (Å²) >= 11 is 0. The number of sulfone groups is 1. The maximum Gasteiger partial charge on any atom is 0.223 e. The Kier molecular flexibility index (Phi) is 2.16. The van der Waals surface area contributed by atoms with Crippen molar-refractivity contribution in [3.8, 4) is 0 Å². The number of carbonyl (C=O) groups excluding carboxylic acids is 1. The standard InChI is InChI=1S/C7H13NO3S/c1-7(6(8)9)2-4-12(10,11)5-3-7/h2-5H2,1H3,(H2,8,9). The molecule has 4 nitrogen and oxygen atoms in total. The number of hydrogen-bond acceptors (Lipinski definition) is 3. The van der Waals surface area contributed by atoms with Crippen molar-refractivity contribution in [2.45, 2.75) is 19.8 Å². The third kappa shape index (κ3) is 1.77. The molecule has 1 amide bonds. The molecule has 0 unspecified atom stereocenters. The summed E-state index contributed by atoms with van der Waals surface area (Å²) in [7, 11) is -2.90. The highest BCUT2D eigenvalue weighted by Crippen LogP contribution is 2.31. The SMILES string of the molecule is CC1(C(N)=O)CCS(=O)(=O)CC1. The topological polar surface area (TPSA) is 77.2 Å². The quantitative estimate of drug-likeness (QED) is 0.617. The molecule has 5 heteroatoms. The Hall–Kier alpha value is -0.580. The maximum atomic E-state index is 11.0. The summed E-state index contributed by atoms with van der Waals surface area (Å²) < 4.78 is 22.0. The van der Waals surface area contributed by atoms with Gasteiger partial charge in [-0.1, -0.05) is 6.92 Å². The van der Waals surface area contributed by atoms with Crippen LogP contribution in [-0.4, -0.2) is 25.8 Å². The van der Waals surface area contributed by atoms with E-state index in [-0.39, 0.29) is 11.5 Å². The molecule has 0 bridgehead atoms. The molecular formula is C7H13NO3S. The molecule has 0 atom stereocenters. The van der Waals surface area contributed by atoms with Gasteiger partial charge in [-0.25, -0.2) is 8.42 Å². The highest BCUT2D eigenvalue weighted by Gasteiger charge is 2.37. The van der Waals surface area contributed by atoms with E-state index in [1.54, 1.807) is 6.92 Å². The Morgan fingerprint density at radius 1 is 1.33 bits per heavy atom. The van der Waals surface area contributed by atoms with Crippen LogP contribution in [0.1, 0.15) is 19.8 Å². The molecule has 2 N–H and O–H groups in total. The van der Waals surface area contributed by atoms with Crippen molar-refractivity contribution in [2.24, 2.45) is 11.1 Å². The first-order chi connectivity index (χ1) is 5.36. The predicted molar refractivity (Wildman–Crippen MR) is 45.2 cm³/mol. The lowest BCUT2D eigenvalue weighted by Crippen LogP contribution is -2.41. The van der Waals surface area contributed by atoms with Crippen molar-refractivity contribution in [3.63, 3.8) is 0 Å². The number of hydrogen-bond donors (Lipinski definition) is 1. The van der Waals surface area contributed by atoms with Gasteiger partial charge < -0.3 is 5.73 Å². The molecule has 12 heavy (non-hydrogen) atoms. The summed E-state index contributed by atoms with van der Waals surface area (Å²) in [4.78, 5) is 10.9. The van der Waals surface area contributed by atoms with E-state index in [0.717, 1.165) is 0 Å². The summed E-state index contributed by atoms with van der Waals surface area (Å²) in [5, 5.41) is 0. The Labute approximate surface area is 72.0 Å². The van der Waals surface area contributed by atoms with E-state index in [2.05, 4.69) is 0 Å². The number of rotatable bonds is 1. The van der Waals surface area contributed by atoms with E-state index in [9.17, 15) is 13.2 Å². The Bertz CT molecular complexity index is 280. The first-order valence-corrected chi connectivity index (χ1v) is 5.68. The molecule has 1 saturated heterocycles. The van der Waals surface area contributed by atoms with Gasteiger partial charge in [-0.2, -0.15) is 0 Å². The minimum Gasteiger partial charge on any atom is -0.369 e. The van der Waals surface area contributed by atoms with Crippen LogP contribution < -0.4 is 5.73 Å². The van der Waals surface area contributed by atoms with E-state index >= 15 is 0 Å². The monoisotopic (exact) mass is 191 g/mol. The number of carbonyl (C=O) groups is 1. The number of nitrogens with two attached hydrogens (primary N) is 1. The molecule has 0 spiro atoms. The van der Waals surface area contributed by atoms with Crippen LogP contribution in [0.4, 0.5) is 0 Å². The predicted octanol–water partition coefficient (Wildman–Crippen LogP) is -0.313. The second-order valence-corrected chi connectivity index (χ2v) is 5.88. The molecule has 0 aromatic carbocycles. The van der Waals surface area contributed by atoms with Crippen LogP contribution in [0.15, 0.2) is 0 Å². The minimum atomic E-state index is -2.90. The van der Waals surface area contributed by atoms with Crippen LogP contribution in [0.25, 0.3) is 0 Å². The summed E-state index contributed by atoms with van der Waals surface area (Å²) in [6.45, 7) is 1.73. The molecule has 0 aliphatic carbocycles. The molecule has 0 radical (unpaired) electrons. The average molecular weight is 191 g/mol. The fourth-order valence-corrected chi connectivity index (χ4v) is 2.96. The van der Waals surface area contributed by atoms with Gasteiger partial charge in [0.2, 0.25) is 5.91 Å². The summed E-state index contributed by atoms with van der Waals surface area (Å²) in [6.07, 6.45) is 0.731. The van der Waals surface area contributed by atoms with Gasteiger partial charge in [0.15, 0.2) is 0 Å². The highest BCUT2D eigenvalue weighted by molar-refractivity contribution is 7.91. The van der Waals surface area contributed by atoms with Gasteiger partial charge in [-0.3, -0.25) is 4.79 Å². The summed E-state index contributed by atoms with van der Waals surface area (Å²) in [5.41, 5.74) is 4.55. The lowest BCUT2D eigenvalue weighted by Gasteiger charge is -2.29. The summed E-state index contributed by atoms with van der Waals surface area (Å²) in [6, 6.07) is 0. The first-order valence-electron chi connectivity index (χ1n) is 3.86. The minimum absolute atomic E-state index is 0.0897. The average Bonchev–Trinajstić information content (AvgIpc) is 1.96. The van der Waals surface area contributed by atoms with Crippen LogP contribution in [0.2, 0.25) is 0 Å². The second-order valence-electron chi connectivity index (χ2n) is 3.58. The summed E-state index contributed by atoms with van der Waals surface area (Å²) in [5.74, 6) is -0.212. The lowest BCUT2D eigenvalue weighted by molar-refractivity contribution is -0.127. The third-order valence-electron chi connectivity index (χ3n) is 2.52. The van der Waals surface area contributed by atoms with E-state index in [1.165, 1.54) is 0 Å². The van der Waals surface area contributed by atoms with Crippen molar-refractivity contribution in [1.29, 1.82) is 0 Å². The van der Waals surface area contributed by atoms with Gasteiger partial charge in [-0.05, 0) is 12.8 Å². The fourth-order valence-electron chi connectivity index (χ4n) is 1.23. The Morgan fingerprint density at radius 3 is 2.08 bits per heavy atom. The second kappa shape index (κ2) is 2.73. The van der Waals surface area contributed by atoms with E-state index in [0.29, 0.717) is 12.8 Å². The van der Waals surface area contributed by atoms with E-state index < -0.39 is 21.2 Å². The largest absolute Gasteiger partial charge is 0.369 e. The van der Waals surface area contributed by atoms with E-state index in [4.69, 9.17) is 5.73 Å². The molecule has 1 rings (SSSR count). The third-order valence-corrected chi connectivity index (χ3v) is 4.18. The molecule has 70 valence electrons. The van der Waals surface area contributed by atoms with Crippen molar-refractivity contribution in [3.05, 3.63) is 0 Å². The molecule has 1 heterocycles. The van der Waals surface area contributed by atoms with Crippen molar-refractivity contribution >= 4 is 15.7 Å². The maximum absolute atomic E-state index is 11.0. The highest BCUT2D eigenvalue weighted by atomic mass is 32.2. The van der Waals surface area contributed by atoms with E-state index in [1.807, 2.05) is 0 Å². The Balaban J connectivity index is 2.74. The zero-order chi connectivity index (χ0) is 9.41. The smallest absolute Gasteiger partial charge is 0.223 e. The van der Waals surface area contributed by atoms with Gasteiger partial charge in [-0.15, -0.1) is 0 Å². The van der Waals surface area contributed by atoms with Crippen LogP contribution >= 0.6 is 0 Å². The molecular weight excluding hydrogens is 178 g/mol. The van der Waals surface area contributed by atoms with Gasteiger partial charge in [0.25, 0.3) is 0 Å². The zero-order valence-electron chi connectivity index (χ0n) is 7.04. The Morgan fingerprint density at radius 2 is 1.75 bits per heavy atom. The van der Waals surface area contributed by atoms with Gasteiger partial charge in [0, 0.05) is 5.41 Å². The lowest BCUT2D eigenvalue weighted by atomic mass is 9.84. The molecule has 1 aliphatic rings. The molecule has 0 aromatic heterocycles. The van der Waals surface area contributed by atoms with Crippen LogP contribution in [0.3, 0.4) is 0 Å². The van der Waals surface area contributed by atoms with Crippen LogP contribution in [0, 0.1) is 5.41 Å². The van der Waals surface area contributed by atoms with Crippen molar-refractivity contribution < 1.29 is 13.2 Å². The first kappa shape index (κ1) is 9.51. The van der Waals surface area contributed by atoms with Crippen molar-refractivity contribution in [1.82, 2.24) is 0 Å². The molecule has 0 saturated carbocycles. The fraction of sp³-hybridized carbons (Fsp3) is 0.857. The van der Waals surface area contributed by atoms with Crippen LogP contribution in [-0.2, 0) is 14.6 Å². The normalized spacial score (nSPS) is 26.4. The molecule has 1 aliphatic heterocycles. The van der Waals surface area contributed by atoms with Gasteiger partial charge in [0.1, 0.15) is 9.84 Å². The van der Waals surface area contributed by atoms with Crippen LogP contribution in [0.5, 0.6) is 0 Å². The number of primary amides is 1. The zero-order valence-corrected chi connectivity index (χ0v) is 7.86. The number of amides is 1. The van der Waals surface area contributed by atoms with Gasteiger partial charge >= 0.3 is 0 Å². The van der Waals surface area contributed by atoms with Gasteiger partial charge in [0.05, 0.1) is 11.5 Å².